The summed E-state index contributed by atoms with van der Waals surface area (Å²) in [6.45, 7) is 2.47. The fraction of sp³-hybridized carbons (Fsp3) is 0.263. The molecule has 1 unspecified atom stereocenters. The van der Waals surface area contributed by atoms with Crippen LogP contribution in [-0.4, -0.2) is 24.4 Å². The third-order valence-electron chi connectivity index (χ3n) is 3.93. The number of carbonyl (C=O) groups excluding carboxylic acids is 2. The van der Waals surface area contributed by atoms with Crippen LogP contribution in [0.4, 0.5) is 5.69 Å². The van der Waals surface area contributed by atoms with E-state index in [1.807, 2.05) is 54.6 Å². The molecule has 1 fully saturated rings. The van der Waals surface area contributed by atoms with E-state index in [-0.39, 0.29) is 17.9 Å². The molecule has 0 radical (unpaired) electrons. The van der Waals surface area contributed by atoms with Gasteiger partial charge < -0.3 is 15.0 Å². The molecule has 0 aliphatic carbocycles. The zero-order valence-corrected chi connectivity index (χ0v) is 13.6. The second-order valence-electron chi connectivity index (χ2n) is 5.87. The van der Waals surface area contributed by atoms with Crippen molar-refractivity contribution in [3.8, 4) is 5.75 Å². The molecule has 124 valence electrons. The molecule has 3 rings (SSSR count). The maximum absolute atomic E-state index is 12.1. The van der Waals surface area contributed by atoms with Crippen molar-refractivity contribution >= 4 is 17.5 Å². The summed E-state index contributed by atoms with van der Waals surface area (Å²) in [5.41, 5.74) is 1.93. The number of nitrogens with one attached hydrogen (secondary N) is 1. The average molecular weight is 324 g/mol. The Balaban J connectivity index is 1.60. The van der Waals surface area contributed by atoms with E-state index in [4.69, 9.17) is 4.74 Å². The minimum absolute atomic E-state index is 0.0201. The Morgan fingerprint density at radius 1 is 1.17 bits per heavy atom. The van der Waals surface area contributed by atoms with E-state index in [0.29, 0.717) is 19.6 Å². The van der Waals surface area contributed by atoms with Crippen molar-refractivity contribution in [1.82, 2.24) is 5.32 Å². The molecule has 1 heterocycles. The molecular formula is C19H20N2O3. The van der Waals surface area contributed by atoms with Crippen LogP contribution in [0.2, 0.25) is 0 Å². The summed E-state index contributed by atoms with van der Waals surface area (Å²) in [6, 6.07) is 17.3. The van der Waals surface area contributed by atoms with Gasteiger partial charge >= 0.3 is 0 Å². The molecule has 0 aromatic heterocycles. The first-order valence-electron chi connectivity index (χ1n) is 7.96. The van der Waals surface area contributed by atoms with Gasteiger partial charge in [0.2, 0.25) is 11.8 Å². The highest BCUT2D eigenvalue weighted by molar-refractivity contribution is 5.96. The van der Waals surface area contributed by atoms with E-state index in [0.717, 1.165) is 17.0 Å². The minimum Gasteiger partial charge on any atom is -0.489 e. The van der Waals surface area contributed by atoms with Crippen LogP contribution in [0.25, 0.3) is 0 Å². The molecule has 2 aromatic rings. The van der Waals surface area contributed by atoms with Crippen LogP contribution in [0.5, 0.6) is 5.75 Å². The normalized spacial score (nSPS) is 17.0. The maximum Gasteiger partial charge on any atom is 0.229 e. The number of rotatable bonds is 5. The fourth-order valence-electron chi connectivity index (χ4n) is 2.80. The van der Waals surface area contributed by atoms with E-state index in [9.17, 15) is 9.59 Å². The molecule has 0 bridgehead atoms. The van der Waals surface area contributed by atoms with Crippen LogP contribution in [-0.2, 0) is 16.2 Å². The summed E-state index contributed by atoms with van der Waals surface area (Å²) in [5, 5.41) is 2.80. The van der Waals surface area contributed by atoms with Crippen LogP contribution < -0.4 is 15.0 Å². The van der Waals surface area contributed by atoms with Gasteiger partial charge in [-0.15, -0.1) is 0 Å². The van der Waals surface area contributed by atoms with Crippen molar-refractivity contribution in [2.24, 2.45) is 0 Å². The van der Waals surface area contributed by atoms with Gasteiger partial charge in [-0.3, -0.25) is 9.59 Å². The molecule has 1 aliphatic rings. The highest BCUT2D eigenvalue weighted by Gasteiger charge is 2.30. The van der Waals surface area contributed by atoms with Crippen molar-refractivity contribution in [2.45, 2.75) is 26.0 Å². The zero-order valence-electron chi connectivity index (χ0n) is 13.6. The number of anilines is 1. The topological polar surface area (TPSA) is 58.6 Å². The Morgan fingerprint density at radius 3 is 2.54 bits per heavy atom. The molecule has 1 saturated heterocycles. The summed E-state index contributed by atoms with van der Waals surface area (Å²) in [5.74, 6) is 0.665. The number of hydrogen-bond donors (Lipinski definition) is 1. The third kappa shape index (κ3) is 3.93. The van der Waals surface area contributed by atoms with Gasteiger partial charge in [-0.05, 0) is 29.8 Å². The van der Waals surface area contributed by atoms with E-state index in [1.165, 1.54) is 6.92 Å². The fourth-order valence-corrected chi connectivity index (χ4v) is 2.80. The maximum atomic E-state index is 12.1. The molecule has 1 N–H and O–H groups in total. The number of carbonyl (C=O) groups is 2. The SMILES string of the molecule is CC(=O)NC1CC(=O)N(c2ccc(OCc3ccccc3)cc2)C1. The summed E-state index contributed by atoms with van der Waals surface area (Å²) in [7, 11) is 0. The second kappa shape index (κ2) is 7.17. The third-order valence-corrected chi connectivity index (χ3v) is 3.93. The number of ether oxygens (including phenoxy) is 1. The minimum atomic E-state index is -0.121. The van der Waals surface area contributed by atoms with E-state index in [2.05, 4.69) is 5.32 Å². The van der Waals surface area contributed by atoms with Gasteiger partial charge in [0.15, 0.2) is 0 Å². The average Bonchev–Trinajstić information content (AvgIpc) is 2.94. The van der Waals surface area contributed by atoms with Gasteiger partial charge in [-0.2, -0.15) is 0 Å². The van der Waals surface area contributed by atoms with Crippen LogP contribution >= 0.6 is 0 Å². The Labute approximate surface area is 141 Å². The zero-order chi connectivity index (χ0) is 16.9. The molecule has 0 saturated carbocycles. The largest absolute Gasteiger partial charge is 0.489 e. The van der Waals surface area contributed by atoms with Gasteiger partial charge in [0, 0.05) is 25.6 Å². The van der Waals surface area contributed by atoms with Gasteiger partial charge in [0.05, 0.1) is 6.04 Å². The molecule has 1 aliphatic heterocycles. The highest BCUT2D eigenvalue weighted by atomic mass is 16.5. The molecule has 1 atom stereocenters. The Bertz CT molecular complexity index is 713. The highest BCUT2D eigenvalue weighted by Crippen LogP contribution is 2.24. The lowest BCUT2D eigenvalue weighted by Crippen LogP contribution is -2.35. The first-order chi connectivity index (χ1) is 11.6. The van der Waals surface area contributed by atoms with E-state index < -0.39 is 0 Å². The van der Waals surface area contributed by atoms with E-state index in [1.54, 1.807) is 4.90 Å². The molecule has 2 aromatic carbocycles. The lowest BCUT2D eigenvalue weighted by atomic mass is 10.2. The summed E-state index contributed by atoms with van der Waals surface area (Å²) < 4.78 is 5.75. The summed E-state index contributed by atoms with van der Waals surface area (Å²) in [4.78, 5) is 24.9. The number of hydrogen-bond acceptors (Lipinski definition) is 3. The lowest BCUT2D eigenvalue weighted by Gasteiger charge is -2.17. The van der Waals surface area contributed by atoms with Crippen molar-refractivity contribution in [3.05, 3.63) is 60.2 Å². The quantitative estimate of drug-likeness (QED) is 0.919. The smallest absolute Gasteiger partial charge is 0.229 e. The van der Waals surface area contributed by atoms with E-state index >= 15 is 0 Å². The number of amides is 2. The van der Waals surface area contributed by atoms with Gasteiger partial charge in [-0.1, -0.05) is 30.3 Å². The monoisotopic (exact) mass is 324 g/mol. The van der Waals surface area contributed by atoms with Crippen LogP contribution in [0, 0.1) is 0 Å². The van der Waals surface area contributed by atoms with Crippen LogP contribution in [0.1, 0.15) is 18.9 Å². The number of nitrogens with zero attached hydrogens (tertiary/aromatic N) is 1. The predicted octanol–water partition coefficient (Wildman–Crippen LogP) is 2.51. The molecule has 0 spiro atoms. The van der Waals surface area contributed by atoms with Crippen molar-refractivity contribution in [1.29, 1.82) is 0 Å². The first kappa shape index (κ1) is 16.1. The summed E-state index contributed by atoms with van der Waals surface area (Å²) >= 11 is 0. The van der Waals surface area contributed by atoms with Gasteiger partial charge in [0.1, 0.15) is 12.4 Å². The van der Waals surface area contributed by atoms with Crippen molar-refractivity contribution < 1.29 is 14.3 Å². The lowest BCUT2D eigenvalue weighted by molar-refractivity contribution is -0.119. The van der Waals surface area contributed by atoms with Gasteiger partial charge in [-0.25, -0.2) is 0 Å². The Kier molecular flexibility index (Phi) is 4.79. The predicted molar refractivity (Wildman–Crippen MR) is 91.8 cm³/mol. The summed E-state index contributed by atoms with van der Waals surface area (Å²) in [6.07, 6.45) is 0.339. The second-order valence-corrected chi connectivity index (χ2v) is 5.87. The first-order valence-corrected chi connectivity index (χ1v) is 7.96. The Morgan fingerprint density at radius 2 is 1.88 bits per heavy atom. The molecule has 5 nitrogen and oxygen atoms in total. The van der Waals surface area contributed by atoms with Crippen LogP contribution in [0.3, 0.4) is 0 Å². The number of benzene rings is 2. The molecule has 2 amide bonds. The standard InChI is InChI=1S/C19H20N2O3/c1-14(22)20-16-11-19(23)21(12-16)17-7-9-18(10-8-17)24-13-15-5-3-2-4-6-15/h2-10,16H,11-13H2,1H3,(H,20,22). The van der Waals surface area contributed by atoms with Crippen LogP contribution in [0.15, 0.2) is 54.6 Å². The molecule has 5 heteroatoms. The van der Waals surface area contributed by atoms with Crippen molar-refractivity contribution in [2.75, 3.05) is 11.4 Å². The Hall–Kier alpha value is -2.82. The molecular weight excluding hydrogens is 304 g/mol. The molecule has 24 heavy (non-hydrogen) atoms. The van der Waals surface area contributed by atoms with Crippen molar-refractivity contribution in [3.63, 3.8) is 0 Å². The van der Waals surface area contributed by atoms with Gasteiger partial charge in [0.25, 0.3) is 0 Å².